The minimum atomic E-state index is 0.365. The molecule has 0 radical (unpaired) electrons. The van der Waals surface area contributed by atoms with Gasteiger partial charge in [0, 0.05) is 6.04 Å². The Hall–Kier alpha value is -0.300. The highest BCUT2D eigenvalue weighted by Gasteiger charge is 2.53. The summed E-state index contributed by atoms with van der Waals surface area (Å²) in [5, 5.41) is 0. The Labute approximate surface area is 69.7 Å². The molecule has 11 heavy (non-hydrogen) atoms. The molecule has 0 bridgehead atoms. The van der Waals surface area contributed by atoms with Crippen LogP contribution in [0.2, 0.25) is 0 Å². The fraction of sp³-hybridized carbons (Fsp3) is 0.800. The zero-order valence-corrected chi connectivity index (χ0v) is 7.80. The van der Waals surface area contributed by atoms with Crippen LogP contribution < -0.4 is 5.73 Å². The highest BCUT2D eigenvalue weighted by Crippen LogP contribution is 2.51. The van der Waals surface area contributed by atoms with Crippen molar-refractivity contribution in [2.75, 3.05) is 0 Å². The van der Waals surface area contributed by atoms with E-state index in [4.69, 9.17) is 5.73 Å². The van der Waals surface area contributed by atoms with E-state index >= 15 is 0 Å². The van der Waals surface area contributed by atoms with E-state index in [9.17, 15) is 0 Å². The summed E-state index contributed by atoms with van der Waals surface area (Å²) in [6, 6.07) is 0.399. The van der Waals surface area contributed by atoms with Gasteiger partial charge in [0.25, 0.3) is 0 Å². The minimum Gasteiger partial charge on any atom is -0.327 e. The molecule has 0 amide bonds. The maximum Gasteiger partial charge on any atom is 0.0165 e. The molecule has 2 N–H and O–H groups in total. The normalized spacial score (nSPS) is 34.5. The van der Waals surface area contributed by atoms with E-state index in [0.717, 1.165) is 0 Å². The minimum absolute atomic E-state index is 0.365. The molecule has 0 aromatic heterocycles. The summed E-state index contributed by atoms with van der Waals surface area (Å²) in [6.45, 7) is 6.67. The van der Waals surface area contributed by atoms with Crippen molar-refractivity contribution >= 4 is 0 Å². The molecule has 1 heteroatoms. The predicted molar refractivity (Wildman–Crippen MR) is 49.3 cm³/mol. The third-order valence-corrected chi connectivity index (χ3v) is 2.79. The largest absolute Gasteiger partial charge is 0.327 e. The van der Waals surface area contributed by atoms with Crippen molar-refractivity contribution in [2.24, 2.45) is 17.1 Å². The van der Waals surface area contributed by atoms with Gasteiger partial charge in [0.1, 0.15) is 0 Å². The number of hydrogen-bond acceptors (Lipinski definition) is 1. The summed E-state index contributed by atoms with van der Waals surface area (Å²) in [6.07, 6.45) is 6.98. The van der Waals surface area contributed by atoms with Crippen LogP contribution >= 0.6 is 0 Å². The smallest absolute Gasteiger partial charge is 0.0165 e. The van der Waals surface area contributed by atoms with E-state index in [1.165, 1.54) is 12.8 Å². The number of rotatable bonds is 3. The molecule has 0 spiro atoms. The molecule has 0 aromatic rings. The average molecular weight is 153 g/mol. The van der Waals surface area contributed by atoms with Gasteiger partial charge in [-0.25, -0.2) is 0 Å². The Balaban J connectivity index is 2.31. The van der Waals surface area contributed by atoms with Gasteiger partial charge in [-0.1, -0.05) is 39.3 Å². The second kappa shape index (κ2) is 2.98. The standard InChI is InChI=1S/C10H19N/c1-4-5-6-7-8-9(11)10(8,2)3/h6-9H,4-5,11H2,1-3H3/b7-6+/t8-,9-/m0/s1. The second-order valence-corrected chi connectivity index (χ2v) is 4.09. The third-order valence-electron chi connectivity index (χ3n) is 2.79. The quantitative estimate of drug-likeness (QED) is 0.619. The van der Waals surface area contributed by atoms with Gasteiger partial charge in [-0.2, -0.15) is 0 Å². The molecule has 1 rings (SSSR count). The molecular weight excluding hydrogens is 134 g/mol. The van der Waals surface area contributed by atoms with E-state index in [0.29, 0.717) is 17.4 Å². The first-order chi connectivity index (χ1) is 5.10. The Morgan fingerprint density at radius 2 is 2.00 bits per heavy atom. The molecule has 0 saturated heterocycles. The summed E-state index contributed by atoms with van der Waals surface area (Å²) >= 11 is 0. The summed E-state index contributed by atoms with van der Waals surface area (Å²) in [7, 11) is 0. The highest BCUT2D eigenvalue weighted by atomic mass is 14.8. The van der Waals surface area contributed by atoms with Crippen LogP contribution in [-0.2, 0) is 0 Å². The van der Waals surface area contributed by atoms with Gasteiger partial charge >= 0.3 is 0 Å². The van der Waals surface area contributed by atoms with Crippen LogP contribution in [0, 0.1) is 11.3 Å². The number of allylic oxidation sites excluding steroid dienone is 1. The van der Waals surface area contributed by atoms with Crippen LogP contribution in [0.1, 0.15) is 33.6 Å². The van der Waals surface area contributed by atoms with Crippen molar-refractivity contribution in [1.82, 2.24) is 0 Å². The molecule has 0 aromatic carbocycles. The van der Waals surface area contributed by atoms with Crippen LogP contribution in [0.4, 0.5) is 0 Å². The maximum atomic E-state index is 5.88. The van der Waals surface area contributed by atoms with Crippen LogP contribution in [0.15, 0.2) is 12.2 Å². The topological polar surface area (TPSA) is 26.0 Å². The van der Waals surface area contributed by atoms with E-state index in [1.807, 2.05) is 0 Å². The zero-order chi connectivity index (χ0) is 8.48. The molecule has 1 saturated carbocycles. The number of hydrogen-bond donors (Lipinski definition) is 1. The lowest BCUT2D eigenvalue weighted by Crippen LogP contribution is -2.06. The monoisotopic (exact) mass is 153 g/mol. The van der Waals surface area contributed by atoms with E-state index < -0.39 is 0 Å². The van der Waals surface area contributed by atoms with Crippen LogP contribution in [0.5, 0.6) is 0 Å². The predicted octanol–water partition coefficient (Wildman–Crippen LogP) is 2.33. The molecule has 64 valence electrons. The summed E-state index contributed by atoms with van der Waals surface area (Å²) < 4.78 is 0. The fourth-order valence-electron chi connectivity index (χ4n) is 1.50. The molecule has 1 aliphatic carbocycles. The Bertz CT molecular complexity index is 158. The van der Waals surface area contributed by atoms with Crippen molar-refractivity contribution in [3.63, 3.8) is 0 Å². The van der Waals surface area contributed by atoms with Crippen molar-refractivity contribution < 1.29 is 0 Å². The van der Waals surface area contributed by atoms with Crippen molar-refractivity contribution in [3.8, 4) is 0 Å². The fourth-order valence-corrected chi connectivity index (χ4v) is 1.50. The Kier molecular flexibility index (Phi) is 2.38. The molecule has 1 nitrogen and oxygen atoms in total. The third kappa shape index (κ3) is 1.64. The average Bonchev–Trinajstić information content (AvgIpc) is 2.39. The van der Waals surface area contributed by atoms with Crippen LogP contribution in [-0.4, -0.2) is 6.04 Å². The molecule has 0 aliphatic heterocycles. The second-order valence-electron chi connectivity index (χ2n) is 4.09. The molecular formula is C10H19N. The first-order valence-electron chi connectivity index (χ1n) is 4.53. The van der Waals surface area contributed by atoms with Gasteiger partial charge in [0.05, 0.1) is 0 Å². The first-order valence-corrected chi connectivity index (χ1v) is 4.53. The van der Waals surface area contributed by atoms with Gasteiger partial charge in [0.2, 0.25) is 0 Å². The van der Waals surface area contributed by atoms with Crippen molar-refractivity contribution in [2.45, 2.75) is 39.7 Å². The number of unbranched alkanes of at least 4 members (excludes halogenated alkanes) is 1. The molecule has 2 atom stereocenters. The SMILES string of the molecule is CCC/C=C/[C@H]1[C@H](N)C1(C)C. The Morgan fingerprint density at radius 3 is 2.36 bits per heavy atom. The van der Waals surface area contributed by atoms with E-state index in [2.05, 4.69) is 32.9 Å². The first kappa shape index (κ1) is 8.79. The van der Waals surface area contributed by atoms with Gasteiger partial charge in [-0.15, -0.1) is 0 Å². The molecule has 0 heterocycles. The highest BCUT2D eigenvalue weighted by molar-refractivity contribution is 5.17. The molecule has 1 fully saturated rings. The van der Waals surface area contributed by atoms with Crippen LogP contribution in [0.3, 0.4) is 0 Å². The van der Waals surface area contributed by atoms with E-state index in [-0.39, 0.29) is 0 Å². The summed E-state index contributed by atoms with van der Waals surface area (Å²) in [5.41, 5.74) is 6.24. The molecule has 1 aliphatic rings. The van der Waals surface area contributed by atoms with Crippen molar-refractivity contribution in [1.29, 1.82) is 0 Å². The van der Waals surface area contributed by atoms with Gasteiger partial charge < -0.3 is 5.73 Å². The van der Waals surface area contributed by atoms with Gasteiger partial charge in [-0.3, -0.25) is 0 Å². The lowest BCUT2D eigenvalue weighted by atomic mass is 10.1. The molecule has 0 unspecified atom stereocenters. The lowest BCUT2D eigenvalue weighted by Gasteiger charge is -1.95. The van der Waals surface area contributed by atoms with Crippen molar-refractivity contribution in [3.05, 3.63) is 12.2 Å². The maximum absolute atomic E-state index is 5.88. The lowest BCUT2D eigenvalue weighted by molar-refractivity contribution is 0.590. The summed E-state index contributed by atoms with van der Waals surface area (Å²) in [5.74, 6) is 0.633. The van der Waals surface area contributed by atoms with Gasteiger partial charge in [0.15, 0.2) is 0 Å². The Morgan fingerprint density at radius 1 is 1.45 bits per heavy atom. The summed E-state index contributed by atoms with van der Waals surface area (Å²) in [4.78, 5) is 0. The van der Waals surface area contributed by atoms with Gasteiger partial charge in [-0.05, 0) is 17.8 Å². The van der Waals surface area contributed by atoms with E-state index in [1.54, 1.807) is 0 Å². The number of nitrogens with two attached hydrogens (primary N) is 1. The zero-order valence-electron chi connectivity index (χ0n) is 7.80. The van der Waals surface area contributed by atoms with Crippen LogP contribution in [0.25, 0.3) is 0 Å².